The third-order valence-corrected chi connectivity index (χ3v) is 2.39. The summed E-state index contributed by atoms with van der Waals surface area (Å²) in [6.07, 6.45) is 4.33. The van der Waals surface area contributed by atoms with Crippen molar-refractivity contribution in [2.24, 2.45) is 0 Å². The maximum Gasteiger partial charge on any atom is 0.199 e. The van der Waals surface area contributed by atoms with Gasteiger partial charge >= 0.3 is 0 Å². The highest BCUT2D eigenvalue weighted by molar-refractivity contribution is 5.44. The van der Waals surface area contributed by atoms with E-state index in [1.807, 2.05) is 0 Å². The first-order chi connectivity index (χ1) is 7.43. The van der Waals surface area contributed by atoms with Crippen LogP contribution < -0.4 is 5.32 Å². The number of tetrazole rings is 1. The van der Waals surface area contributed by atoms with Crippen molar-refractivity contribution >= 4 is 11.5 Å². The van der Waals surface area contributed by atoms with Gasteiger partial charge in [0.1, 0.15) is 0 Å². The molecule has 1 unspecified atom stereocenters. The molecule has 2 aromatic heterocycles. The van der Waals surface area contributed by atoms with Crippen molar-refractivity contribution in [2.75, 3.05) is 18.5 Å². The lowest BCUT2D eigenvalue weighted by atomic mass is 10.3. The molecule has 1 N–H and O–H groups in total. The minimum atomic E-state index is 0.321. The van der Waals surface area contributed by atoms with E-state index >= 15 is 0 Å². The van der Waals surface area contributed by atoms with Gasteiger partial charge in [-0.3, -0.25) is 4.98 Å². The van der Waals surface area contributed by atoms with Crippen LogP contribution in [0.3, 0.4) is 0 Å². The molecule has 2 aromatic rings. The van der Waals surface area contributed by atoms with Crippen molar-refractivity contribution in [2.45, 2.75) is 12.5 Å². The normalized spacial score (nSPS) is 20.9. The number of nitrogens with zero attached hydrogens (tertiary/aromatic N) is 5. The van der Waals surface area contributed by atoms with Gasteiger partial charge in [-0.05, 0) is 16.8 Å². The van der Waals surface area contributed by atoms with Crippen LogP contribution in [0.25, 0.3) is 5.65 Å². The highest BCUT2D eigenvalue weighted by Gasteiger charge is 2.16. The van der Waals surface area contributed by atoms with E-state index in [1.54, 1.807) is 16.9 Å². The topological polar surface area (TPSA) is 77.2 Å². The predicted molar refractivity (Wildman–Crippen MR) is 51.4 cm³/mol. The quantitative estimate of drug-likeness (QED) is 0.728. The molecule has 0 radical (unpaired) electrons. The molecule has 15 heavy (non-hydrogen) atoms. The van der Waals surface area contributed by atoms with E-state index < -0.39 is 0 Å². The second kappa shape index (κ2) is 3.43. The lowest BCUT2D eigenvalue weighted by Gasteiger charge is -2.11. The average Bonchev–Trinajstić information content (AvgIpc) is 2.87. The molecule has 78 valence electrons. The van der Waals surface area contributed by atoms with E-state index in [-0.39, 0.29) is 0 Å². The predicted octanol–water partition coefficient (Wildman–Crippen LogP) is -0.280. The number of hydrogen-bond donors (Lipinski definition) is 1. The molecule has 3 rings (SSSR count). The molecule has 1 fully saturated rings. The number of nitrogens with one attached hydrogen (secondary N) is 1. The maximum absolute atomic E-state index is 5.28. The fraction of sp³-hybridized carbons (Fsp3) is 0.500. The van der Waals surface area contributed by atoms with Gasteiger partial charge in [0.05, 0.1) is 25.0 Å². The standard InChI is InChI=1S/C8H10N6O/c1-2-15-5-6(1)10-7-3-9-4-8-11-12-13-14(7)8/h3-4,6,10H,1-2,5H2. The first kappa shape index (κ1) is 8.54. The lowest BCUT2D eigenvalue weighted by molar-refractivity contribution is 0.195. The Morgan fingerprint density at radius 1 is 1.47 bits per heavy atom. The van der Waals surface area contributed by atoms with E-state index in [0.717, 1.165) is 25.5 Å². The molecule has 1 atom stereocenters. The molecular weight excluding hydrogens is 196 g/mol. The third kappa shape index (κ3) is 1.50. The Morgan fingerprint density at radius 2 is 2.47 bits per heavy atom. The van der Waals surface area contributed by atoms with Gasteiger partial charge < -0.3 is 10.1 Å². The van der Waals surface area contributed by atoms with Gasteiger partial charge in [0.25, 0.3) is 0 Å². The van der Waals surface area contributed by atoms with Gasteiger partial charge in [-0.15, -0.1) is 5.10 Å². The summed E-state index contributed by atoms with van der Waals surface area (Å²) in [5.74, 6) is 0.799. The average molecular weight is 206 g/mol. The van der Waals surface area contributed by atoms with Crippen molar-refractivity contribution < 1.29 is 4.74 Å². The fourth-order valence-corrected chi connectivity index (χ4v) is 1.63. The SMILES string of the molecule is c1ncc2nnnn2c1NC1CCOC1. The van der Waals surface area contributed by atoms with Gasteiger partial charge in [0.15, 0.2) is 11.5 Å². The fourth-order valence-electron chi connectivity index (χ4n) is 1.63. The highest BCUT2D eigenvalue weighted by atomic mass is 16.5. The molecule has 0 aromatic carbocycles. The summed E-state index contributed by atoms with van der Waals surface area (Å²) in [6, 6.07) is 0.321. The molecule has 0 spiro atoms. The summed E-state index contributed by atoms with van der Waals surface area (Å²) in [6.45, 7) is 1.52. The van der Waals surface area contributed by atoms with Crippen molar-refractivity contribution in [1.29, 1.82) is 0 Å². The van der Waals surface area contributed by atoms with Gasteiger partial charge in [-0.25, -0.2) is 0 Å². The maximum atomic E-state index is 5.28. The van der Waals surface area contributed by atoms with Crippen molar-refractivity contribution in [3.63, 3.8) is 0 Å². The molecule has 0 bridgehead atoms. The van der Waals surface area contributed by atoms with Crippen LogP contribution in [-0.2, 0) is 4.74 Å². The number of rotatable bonds is 2. The van der Waals surface area contributed by atoms with Crippen LogP contribution in [0.5, 0.6) is 0 Å². The Kier molecular flexibility index (Phi) is 1.95. The number of anilines is 1. The Balaban J connectivity index is 1.92. The minimum Gasteiger partial charge on any atom is -0.379 e. The van der Waals surface area contributed by atoms with Crippen LogP contribution in [0, 0.1) is 0 Å². The van der Waals surface area contributed by atoms with E-state index in [1.165, 1.54) is 0 Å². The van der Waals surface area contributed by atoms with Gasteiger partial charge in [-0.2, -0.15) is 4.52 Å². The lowest BCUT2D eigenvalue weighted by Crippen LogP contribution is -2.21. The molecule has 0 aliphatic carbocycles. The molecule has 7 nitrogen and oxygen atoms in total. The van der Waals surface area contributed by atoms with E-state index in [4.69, 9.17) is 4.74 Å². The summed E-state index contributed by atoms with van der Waals surface area (Å²) in [5, 5.41) is 14.6. The Morgan fingerprint density at radius 3 is 3.33 bits per heavy atom. The molecule has 1 saturated heterocycles. The van der Waals surface area contributed by atoms with E-state index in [0.29, 0.717) is 11.7 Å². The number of ether oxygens (including phenoxy) is 1. The van der Waals surface area contributed by atoms with Crippen molar-refractivity contribution in [1.82, 2.24) is 25.0 Å². The van der Waals surface area contributed by atoms with Crippen LogP contribution in [0.1, 0.15) is 6.42 Å². The molecule has 1 aliphatic rings. The largest absolute Gasteiger partial charge is 0.379 e. The number of aromatic nitrogens is 5. The van der Waals surface area contributed by atoms with E-state index in [9.17, 15) is 0 Å². The monoisotopic (exact) mass is 206 g/mol. The molecular formula is C8H10N6O. The van der Waals surface area contributed by atoms with Crippen LogP contribution in [-0.4, -0.2) is 44.3 Å². The van der Waals surface area contributed by atoms with E-state index in [2.05, 4.69) is 25.8 Å². The number of fused-ring (bicyclic) bond motifs is 1. The second-order valence-corrected chi connectivity index (χ2v) is 3.45. The molecule has 0 saturated carbocycles. The Bertz CT molecular complexity index is 463. The van der Waals surface area contributed by atoms with Crippen LogP contribution in [0.4, 0.5) is 5.82 Å². The highest BCUT2D eigenvalue weighted by Crippen LogP contribution is 2.12. The molecule has 0 amide bonds. The molecule has 7 heteroatoms. The minimum absolute atomic E-state index is 0.321. The van der Waals surface area contributed by atoms with Gasteiger partial charge in [0.2, 0.25) is 0 Å². The summed E-state index contributed by atoms with van der Waals surface area (Å²) in [5.41, 5.74) is 0.638. The summed E-state index contributed by atoms with van der Waals surface area (Å²) in [4.78, 5) is 4.06. The van der Waals surface area contributed by atoms with Crippen LogP contribution in [0.15, 0.2) is 12.4 Å². The first-order valence-electron chi connectivity index (χ1n) is 4.80. The zero-order chi connectivity index (χ0) is 10.1. The molecule has 1 aliphatic heterocycles. The first-order valence-corrected chi connectivity index (χ1v) is 4.80. The summed E-state index contributed by atoms with van der Waals surface area (Å²) < 4.78 is 6.91. The van der Waals surface area contributed by atoms with Crippen molar-refractivity contribution in [3.8, 4) is 0 Å². The zero-order valence-electron chi connectivity index (χ0n) is 8.00. The smallest absolute Gasteiger partial charge is 0.199 e. The van der Waals surface area contributed by atoms with Crippen molar-refractivity contribution in [3.05, 3.63) is 12.4 Å². The van der Waals surface area contributed by atoms with Gasteiger partial charge in [0, 0.05) is 6.61 Å². The third-order valence-electron chi connectivity index (χ3n) is 2.39. The Labute approximate surface area is 85.5 Å². The van der Waals surface area contributed by atoms with Crippen LogP contribution in [0.2, 0.25) is 0 Å². The van der Waals surface area contributed by atoms with Crippen LogP contribution >= 0.6 is 0 Å². The number of hydrogen-bond acceptors (Lipinski definition) is 6. The summed E-state index contributed by atoms with van der Waals surface area (Å²) >= 11 is 0. The van der Waals surface area contributed by atoms with Gasteiger partial charge in [-0.1, -0.05) is 0 Å². The second-order valence-electron chi connectivity index (χ2n) is 3.45. The Hall–Kier alpha value is -1.76. The summed E-state index contributed by atoms with van der Waals surface area (Å²) in [7, 11) is 0. The molecule has 3 heterocycles. The zero-order valence-corrected chi connectivity index (χ0v) is 8.00.